The van der Waals surface area contributed by atoms with Gasteiger partial charge in [-0.1, -0.05) is 5.16 Å². The van der Waals surface area contributed by atoms with Gasteiger partial charge in [0.25, 0.3) is 0 Å². The molecule has 18 heavy (non-hydrogen) atoms. The Hall–Kier alpha value is -1.20. The average Bonchev–Trinajstić information content (AvgIpc) is 2.68. The molecule has 5 heteroatoms. The number of hydrogen-bond acceptors (Lipinski definition) is 4. The third kappa shape index (κ3) is 2.97. The average molecular weight is 310 g/mol. The summed E-state index contributed by atoms with van der Waals surface area (Å²) in [7, 11) is 0. The molecule has 0 aliphatic rings. The second-order valence-electron chi connectivity index (χ2n) is 4.31. The number of rotatable bonds is 4. The van der Waals surface area contributed by atoms with Gasteiger partial charge < -0.3 is 9.84 Å². The summed E-state index contributed by atoms with van der Waals surface area (Å²) in [5.74, 6) is 0.872. The van der Waals surface area contributed by atoms with Crippen LogP contribution in [0.5, 0.6) is 0 Å². The number of halogens is 1. The fraction of sp³-hybridized carbons (Fsp3) is 0.385. The summed E-state index contributed by atoms with van der Waals surface area (Å²) in [6.45, 7) is 6.72. The maximum Gasteiger partial charge on any atom is 0.138 e. The summed E-state index contributed by atoms with van der Waals surface area (Å²) in [6, 6.07) is 4.18. The highest BCUT2D eigenvalue weighted by Crippen LogP contribution is 2.21. The highest BCUT2D eigenvalue weighted by molar-refractivity contribution is 9.10. The van der Waals surface area contributed by atoms with E-state index in [0.29, 0.717) is 0 Å². The van der Waals surface area contributed by atoms with Gasteiger partial charge in [0.1, 0.15) is 5.76 Å². The van der Waals surface area contributed by atoms with Crippen molar-refractivity contribution in [2.75, 3.05) is 0 Å². The quantitative estimate of drug-likeness (QED) is 0.941. The topological polar surface area (TPSA) is 51.0 Å². The van der Waals surface area contributed by atoms with Gasteiger partial charge in [0.05, 0.1) is 11.4 Å². The fourth-order valence-corrected chi connectivity index (χ4v) is 2.21. The van der Waals surface area contributed by atoms with Crippen LogP contribution in [-0.4, -0.2) is 10.1 Å². The number of aromatic nitrogens is 2. The normalized spacial score (nSPS) is 12.7. The largest absolute Gasteiger partial charge is 0.361 e. The summed E-state index contributed by atoms with van der Waals surface area (Å²) >= 11 is 3.37. The first kappa shape index (κ1) is 13.2. The van der Waals surface area contributed by atoms with Crippen LogP contribution < -0.4 is 5.32 Å². The van der Waals surface area contributed by atoms with E-state index < -0.39 is 0 Å². The zero-order valence-corrected chi connectivity index (χ0v) is 12.3. The van der Waals surface area contributed by atoms with Gasteiger partial charge >= 0.3 is 0 Å². The van der Waals surface area contributed by atoms with E-state index in [9.17, 15) is 0 Å². The standard InChI is InChI=1S/C13H16BrN3O/c1-8(13-9(2)17-18-10(13)3)15-7-12-5-4-11(14)6-16-12/h4-6,8,15H,7H2,1-3H3. The Balaban J connectivity index is 2.00. The van der Waals surface area contributed by atoms with Crippen LogP contribution in [0.2, 0.25) is 0 Å². The molecule has 2 aromatic rings. The lowest BCUT2D eigenvalue weighted by molar-refractivity contribution is 0.390. The van der Waals surface area contributed by atoms with E-state index in [-0.39, 0.29) is 6.04 Å². The number of nitrogens with one attached hydrogen (secondary N) is 1. The predicted molar refractivity (Wildman–Crippen MR) is 73.2 cm³/mol. The van der Waals surface area contributed by atoms with E-state index >= 15 is 0 Å². The summed E-state index contributed by atoms with van der Waals surface area (Å²) < 4.78 is 6.16. The Morgan fingerprint density at radius 2 is 2.17 bits per heavy atom. The summed E-state index contributed by atoms with van der Waals surface area (Å²) in [6.07, 6.45) is 1.80. The van der Waals surface area contributed by atoms with Gasteiger partial charge in [-0.3, -0.25) is 4.98 Å². The minimum atomic E-state index is 0.196. The first-order chi connectivity index (χ1) is 8.58. The third-order valence-electron chi connectivity index (χ3n) is 2.90. The highest BCUT2D eigenvalue weighted by Gasteiger charge is 2.15. The smallest absolute Gasteiger partial charge is 0.138 e. The molecule has 0 saturated carbocycles. The Kier molecular flexibility index (Phi) is 4.14. The first-order valence-electron chi connectivity index (χ1n) is 5.84. The van der Waals surface area contributed by atoms with Gasteiger partial charge in [0.15, 0.2) is 0 Å². The van der Waals surface area contributed by atoms with Crippen LogP contribution in [0.1, 0.15) is 35.7 Å². The molecule has 2 rings (SSSR count). The molecular formula is C13H16BrN3O. The molecular weight excluding hydrogens is 294 g/mol. The van der Waals surface area contributed by atoms with Crippen LogP contribution in [0, 0.1) is 13.8 Å². The maximum atomic E-state index is 5.17. The molecule has 2 heterocycles. The van der Waals surface area contributed by atoms with Crippen LogP contribution in [0.4, 0.5) is 0 Å². The van der Waals surface area contributed by atoms with E-state index in [2.05, 4.69) is 38.3 Å². The lowest BCUT2D eigenvalue weighted by atomic mass is 10.1. The molecule has 4 nitrogen and oxygen atoms in total. The van der Waals surface area contributed by atoms with Gasteiger partial charge in [0, 0.05) is 28.8 Å². The van der Waals surface area contributed by atoms with Crippen LogP contribution in [-0.2, 0) is 6.54 Å². The number of pyridine rings is 1. The van der Waals surface area contributed by atoms with Gasteiger partial charge in [-0.2, -0.15) is 0 Å². The van der Waals surface area contributed by atoms with Crippen molar-refractivity contribution in [3.05, 3.63) is 45.5 Å². The van der Waals surface area contributed by atoms with Crippen molar-refractivity contribution < 1.29 is 4.52 Å². The van der Waals surface area contributed by atoms with Crippen LogP contribution in [0.25, 0.3) is 0 Å². The molecule has 1 N–H and O–H groups in total. The minimum absolute atomic E-state index is 0.196. The van der Waals surface area contributed by atoms with E-state index in [4.69, 9.17) is 4.52 Å². The summed E-state index contributed by atoms with van der Waals surface area (Å²) in [4.78, 5) is 4.33. The van der Waals surface area contributed by atoms with E-state index in [1.54, 1.807) is 6.20 Å². The Morgan fingerprint density at radius 3 is 2.72 bits per heavy atom. The Labute approximate surface area is 115 Å². The molecule has 0 spiro atoms. The van der Waals surface area contributed by atoms with Gasteiger partial charge in [0.2, 0.25) is 0 Å². The van der Waals surface area contributed by atoms with Crippen molar-refractivity contribution >= 4 is 15.9 Å². The molecule has 1 unspecified atom stereocenters. The maximum absolute atomic E-state index is 5.17. The lowest BCUT2D eigenvalue weighted by Gasteiger charge is -2.13. The fourth-order valence-electron chi connectivity index (χ4n) is 1.98. The molecule has 0 aromatic carbocycles. The summed E-state index contributed by atoms with van der Waals surface area (Å²) in [5, 5.41) is 7.39. The van der Waals surface area contributed by atoms with Crippen LogP contribution in [0.3, 0.4) is 0 Å². The first-order valence-corrected chi connectivity index (χ1v) is 6.64. The molecule has 0 fully saturated rings. The minimum Gasteiger partial charge on any atom is -0.361 e. The summed E-state index contributed by atoms with van der Waals surface area (Å²) in [5.41, 5.74) is 3.08. The highest BCUT2D eigenvalue weighted by atomic mass is 79.9. The van der Waals surface area contributed by atoms with Crippen LogP contribution >= 0.6 is 15.9 Å². The number of hydrogen-bond donors (Lipinski definition) is 1. The van der Waals surface area contributed by atoms with Gasteiger partial charge in [-0.05, 0) is 48.8 Å². The molecule has 0 saturated heterocycles. The molecule has 0 radical (unpaired) electrons. The van der Waals surface area contributed by atoms with Gasteiger partial charge in [-0.25, -0.2) is 0 Å². The van der Waals surface area contributed by atoms with E-state index in [0.717, 1.165) is 33.7 Å². The molecule has 96 valence electrons. The van der Waals surface area contributed by atoms with E-state index in [1.807, 2.05) is 26.0 Å². The van der Waals surface area contributed by atoms with Crippen molar-refractivity contribution in [2.24, 2.45) is 0 Å². The monoisotopic (exact) mass is 309 g/mol. The van der Waals surface area contributed by atoms with Crippen molar-refractivity contribution in [1.29, 1.82) is 0 Å². The number of nitrogens with zero attached hydrogens (tertiary/aromatic N) is 2. The van der Waals surface area contributed by atoms with Crippen molar-refractivity contribution in [3.63, 3.8) is 0 Å². The lowest BCUT2D eigenvalue weighted by Crippen LogP contribution is -2.19. The second-order valence-corrected chi connectivity index (χ2v) is 5.22. The SMILES string of the molecule is Cc1noc(C)c1C(C)NCc1ccc(Br)cn1. The Bertz CT molecular complexity index is 502. The molecule has 0 amide bonds. The number of aryl methyl sites for hydroxylation is 2. The second kappa shape index (κ2) is 5.63. The van der Waals surface area contributed by atoms with Crippen molar-refractivity contribution in [1.82, 2.24) is 15.5 Å². The molecule has 0 aliphatic carbocycles. The Morgan fingerprint density at radius 1 is 1.39 bits per heavy atom. The molecule has 0 aliphatic heterocycles. The van der Waals surface area contributed by atoms with Crippen molar-refractivity contribution in [3.8, 4) is 0 Å². The molecule has 1 atom stereocenters. The zero-order valence-electron chi connectivity index (χ0n) is 10.7. The van der Waals surface area contributed by atoms with E-state index in [1.165, 1.54) is 0 Å². The van der Waals surface area contributed by atoms with Crippen molar-refractivity contribution in [2.45, 2.75) is 33.4 Å². The molecule has 2 aromatic heterocycles. The third-order valence-corrected chi connectivity index (χ3v) is 3.37. The van der Waals surface area contributed by atoms with Crippen LogP contribution in [0.15, 0.2) is 27.3 Å². The van der Waals surface area contributed by atoms with Gasteiger partial charge in [-0.15, -0.1) is 0 Å². The molecule has 0 bridgehead atoms. The predicted octanol–water partition coefficient (Wildman–Crippen LogP) is 3.30. The zero-order chi connectivity index (χ0) is 13.1.